The minimum absolute atomic E-state index is 0. The van der Waals surface area contributed by atoms with Gasteiger partial charge in [-0.1, -0.05) is 24.3 Å². The van der Waals surface area contributed by atoms with Crippen LogP contribution >= 0.6 is 24.0 Å². The summed E-state index contributed by atoms with van der Waals surface area (Å²) in [5.74, 6) is 0.437. The third-order valence-corrected chi connectivity index (χ3v) is 6.76. The molecule has 9 heteroatoms. The first kappa shape index (κ1) is 27.3. The van der Waals surface area contributed by atoms with Crippen LogP contribution in [0.3, 0.4) is 0 Å². The van der Waals surface area contributed by atoms with Crippen LogP contribution in [0.4, 0.5) is 4.39 Å². The molecule has 0 spiro atoms. The highest BCUT2D eigenvalue weighted by Gasteiger charge is 2.22. The SMILES string of the molecule is CCNC(=NCc1ccc(S(=O)(=O)N(C)C(C)C)cc1)NCCc1ccc(F)cc1.I. The Bertz CT molecular complexity index is 933. The molecule has 31 heavy (non-hydrogen) atoms. The smallest absolute Gasteiger partial charge is 0.243 e. The Morgan fingerprint density at radius 1 is 1.03 bits per heavy atom. The average molecular weight is 562 g/mol. The van der Waals surface area contributed by atoms with Gasteiger partial charge >= 0.3 is 0 Å². The van der Waals surface area contributed by atoms with Crippen LogP contribution in [0.15, 0.2) is 58.4 Å². The Morgan fingerprint density at radius 3 is 2.16 bits per heavy atom. The first-order valence-corrected chi connectivity index (χ1v) is 11.5. The first-order chi connectivity index (χ1) is 14.2. The van der Waals surface area contributed by atoms with Crippen molar-refractivity contribution in [3.8, 4) is 0 Å². The predicted octanol–water partition coefficient (Wildman–Crippen LogP) is 3.77. The van der Waals surface area contributed by atoms with E-state index in [1.807, 2.05) is 20.8 Å². The van der Waals surface area contributed by atoms with Crippen LogP contribution in [0.25, 0.3) is 0 Å². The molecular weight excluding hydrogens is 530 g/mol. The third-order valence-electron chi connectivity index (χ3n) is 4.71. The van der Waals surface area contributed by atoms with E-state index < -0.39 is 10.0 Å². The Labute approximate surface area is 202 Å². The number of hydrogen-bond acceptors (Lipinski definition) is 3. The van der Waals surface area contributed by atoms with Gasteiger partial charge in [-0.25, -0.2) is 17.8 Å². The van der Waals surface area contributed by atoms with Crippen LogP contribution in [0.5, 0.6) is 0 Å². The summed E-state index contributed by atoms with van der Waals surface area (Å²) in [6.07, 6.45) is 0.751. The summed E-state index contributed by atoms with van der Waals surface area (Å²) >= 11 is 0. The van der Waals surface area contributed by atoms with Crippen LogP contribution in [0.2, 0.25) is 0 Å². The fourth-order valence-corrected chi connectivity index (χ4v) is 4.07. The average Bonchev–Trinajstić information content (AvgIpc) is 2.73. The van der Waals surface area contributed by atoms with Gasteiger partial charge in [0, 0.05) is 26.2 Å². The minimum Gasteiger partial charge on any atom is -0.357 e. The normalized spacial score (nSPS) is 12.0. The summed E-state index contributed by atoms with van der Waals surface area (Å²) in [5.41, 5.74) is 1.96. The number of nitrogens with one attached hydrogen (secondary N) is 2. The van der Waals surface area contributed by atoms with Crippen molar-refractivity contribution < 1.29 is 12.8 Å². The highest BCUT2D eigenvalue weighted by molar-refractivity contribution is 14.0. The number of guanidine groups is 1. The number of nitrogens with zero attached hydrogens (tertiary/aromatic N) is 2. The van der Waals surface area contributed by atoms with Crippen LogP contribution < -0.4 is 10.6 Å². The van der Waals surface area contributed by atoms with E-state index in [4.69, 9.17) is 0 Å². The maximum atomic E-state index is 13.0. The van der Waals surface area contributed by atoms with E-state index in [0.29, 0.717) is 19.0 Å². The second-order valence-electron chi connectivity index (χ2n) is 7.26. The molecule has 2 rings (SSSR count). The summed E-state index contributed by atoms with van der Waals surface area (Å²) in [6.45, 7) is 7.48. The molecule has 2 N–H and O–H groups in total. The zero-order valence-corrected chi connectivity index (χ0v) is 21.6. The number of sulfonamides is 1. The van der Waals surface area contributed by atoms with Gasteiger partial charge < -0.3 is 10.6 Å². The molecule has 0 aromatic heterocycles. The van der Waals surface area contributed by atoms with Crippen molar-refractivity contribution in [2.75, 3.05) is 20.1 Å². The molecule has 0 saturated heterocycles. The topological polar surface area (TPSA) is 73.8 Å². The molecule has 0 amide bonds. The molecule has 0 heterocycles. The molecule has 0 atom stereocenters. The Morgan fingerprint density at radius 2 is 1.61 bits per heavy atom. The molecule has 2 aromatic carbocycles. The van der Waals surface area contributed by atoms with Gasteiger partial charge in [-0.3, -0.25) is 0 Å². The molecule has 0 aliphatic rings. The van der Waals surface area contributed by atoms with Crippen molar-refractivity contribution >= 4 is 40.0 Å². The highest BCUT2D eigenvalue weighted by atomic mass is 127. The van der Waals surface area contributed by atoms with Crippen LogP contribution in [-0.2, 0) is 23.0 Å². The molecule has 0 saturated carbocycles. The number of rotatable bonds is 9. The lowest BCUT2D eigenvalue weighted by Gasteiger charge is -2.21. The molecule has 2 aromatic rings. The number of hydrogen-bond donors (Lipinski definition) is 2. The maximum Gasteiger partial charge on any atom is 0.243 e. The zero-order chi connectivity index (χ0) is 22.1. The Hall–Kier alpha value is -1.72. The molecule has 0 unspecified atom stereocenters. The van der Waals surface area contributed by atoms with Crippen molar-refractivity contribution in [1.29, 1.82) is 0 Å². The van der Waals surface area contributed by atoms with E-state index in [0.717, 1.165) is 24.1 Å². The van der Waals surface area contributed by atoms with Crippen molar-refractivity contribution in [1.82, 2.24) is 14.9 Å². The third kappa shape index (κ3) is 8.38. The molecule has 0 aliphatic heterocycles. The van der Waals surface area contributed by atoms with Crippen LogP contribution in [0.1, 0.15) is 31.9 Å². The van der Waals surface area contributed by atoms with Crippen molar-refractivity contribution in [2.45, 2.75) is 44.7 Å². The lowest BCUT2D eigenvalue weighted by atomic mass is 10.1. The summed E-state index contributed by atoms with van der Waals surface area (Å²) < 4.78 is 39.4. The predicted molar refractivity (Wildman–Crippen MR) is 135 cm³/mol. The molecule has 0 bridgehead atoms. The highest BCUT2D eigenvalue weighted by Crippen LogP contribution is 2.17. The molecule has 0 aliphatic carbocycles. The number of aliphatic imine (C=N–C) groups is 1. The van der Waals surface area contributed by atoms with Gasteiger partial charge in [-0.2, -0.15) is 4.31 Å². The molecule has 172 valence electrons. The van der Waals surface area contributed by atoms with Gasteiger partial charge in [0.25, 0.3) is 0 Å². The second-order valence-corrected chi connectivity index (χ2v) is 9.25. The number of benzene rings is 2. The zero-order valence-electron chi connectivity index (χ0n) is 18.4. The molecule has 0 fully saturated rings. The Balaban J connectivity index is 0.00000480. The lowest BCUT2D eigenvalue weighted by molar-refractivity contribution is 0.410. The lowest BCUT2D eigenvalue weighted by Crippen LogP contribution is -2.38. The molecule has 0 radical (unpaired) electrons. The van der Waals surface area contributed by atoms with Gasteiger partial charge in [0.2, 0.25) is 10.0 Å². The maximum absolute atomic E-state index is 13.0. The van der Waals surface area contributed by atoms with E-state index in [1.165, 1.54) is 16.4 Å². The van der Waals surface area contributed by atoms with Gasteiger partial charge in [0.05, 0.1) is 11.4 Å². The van der Waals surface area contributed by atoms with E-state index in [1.54, 1.807) is 43.4 Å². The van der Waals surface area contributed by atoms with Crippen LogP contribution in [-0.4, -0.2) is 44.9 Å². The largest absolute Gasteiger partial charge is 0.357 e. The van der Waals surface area contributed by atoms with Gasteiger partial charge in [-0.05, 0) is 62.6 Å². The first-order valence-electron chi connectivity index (χ1n) is 10.1. The van der Waals surface area contributed by atoms with Crippen molar-refractivity contribution in [2.24, 2.45) is 4.99 Å². The van der Waals surface area contributed by atoms with Gasteiger partial charge in [0.15, 0.2) is 5.96 Å². The molecule has 6 nitrogen and oxygen atoms in total. The second kappa shape index (κ2) is 13.0. The van der Waals surface area contributed by atoms with Crippen molar-refractivity contribution in [3.63, 3.8) is 0 Å². The van der Waals surface area contributed by atoms with Crippen molar-refractivity contribution in [3.05, 3.63) is 65.5 Å². The van der Waals surface area contributed by atoms with Gasteiger partial charge in [0.1, 0.15) is 5.82 Å². The quantitative estimate of drug-likeness (QED) is 0.277. The summed E-state index contributed by atoms with van der Waals surface area (Å²) in [6, 6.07) is 13.2. The van der Waals surface area contributed by atoms with Gasteiger partial charge in [-0.15, -0.1) is 24.0 Å². The standard InChI is InChI=1S/C22H31FN4O2S.HI/c1-5-24-22(25-15-14-18-6-10-20(23)11-7-18)26-16-19-8-12-21(13-9-19)30(28,29)27(4)17(2)3;/h6-13,17H,5,14-16H2,1-4H3,(H2,24,25,26);1H. The van der Waals surface area contributed by atoms with Crippen LogP contribution in [0, 0.1) is 5.82 Å². The van der Waals surface area contributed by atoms with E-state index in [9.17, 15) is 12.8 Å². The van der Waals surface area contributed by atoms with E-state index in [2.05, 4.69) is 15.6 Å². The summed E-state index contributed by atoms with van der Waals surface area (Å²) in [4.78, 5) is 4.83. The minimum atomic E-state index is -3.49. The summed E-state index contributed by atoms with van der Waals surface area (Å²) in [7, 11) is -1.90. The fraction of sp³-hybridized carbons (Fsp3) is 0.409. The fourth-order valence-electron chi connectivity index (χ4n) is 2.70. The summed E-state index contributed by atoms with van der Waals surface area (Å²) in [5, 5.41) is 6.45. The van der Waals surface area contributed by atoms with E-state index in [-0.39, 0.29) is 40.7 Å². The molecular formula is C22H32FIN4O2S. The Kier molecular flexibility index (Phi) is 11.4. The monoisotopic (exact) mass is 562 g/mol. The number of halogens is 2. The van der Waals surface area contributed by atoms with E-state index >= 15 is 0 Å².